The van der Waals surface area contributed by atoms with Crippen molar-refractivity contribution in [2.75, 3.05) is 11.9 Å². The van der Waals surface area contributed by atoms with Crippen LogP contribution in [0.15, 0.2) is 34.0 Å². The minimum atomic E-state index is -4.83. The Morgan fingerprint density at radius 2 is 1.84 bits per heavy atom. The Morgan fingerprint density at radius 1 is 1.16 bits per heavy atom. The van der Waals surface area contributed by atoms with E-state index in [9.17, 15) is 32.3 Å². The van der Waals surface area contributed by atoms with E-state index in [1.807, 2.05) is 0 Å². The molecule has 3 rings (SSSR count). The van der Waals surface area contributed by atoms with E-state index in [-0.39, 0.29) is 16.5 Å². The van der Waals surface area contributed by atoms with Gasteiger partial charge >= 0.3 is 6.18 Å². The number of anilines is 1. The largest absolute Gasteiger partial charge is 0.433 e. The van der Waals surface area contributed by atoms with E-state index in [0.717, 1.165) is 6.20 Å². The maximum Gasteiger partial charge on any atom is 0.433 e. The van der Waals surface area contributed by atoms with E-state index in [1.165, 1.54) is 32.0 Å². The molecule has 10 nitrogen and oxygen atoms in total. The van der Waals surface area contributed by atoms with Crippen molar-refractivity contribution < 1.29 is 22.8 Å². The lowest BCUT2D eigenvalue weighted by atomic mass is 10.1. The van der Waals surface area contributed by atoms with Crippen molar-refractivity contribution in [2.24, 2.45) is 0 Å². The Kier molecular flexibility index (Phi) is 5.69. The summed E-state index contributed by atoms with van der Waals surface area (Å²) in [7, 11) is 0. The average Bonchev–Trinajstić information content (AvgIpc) is 3.15. The van der Waals surface area contributed by atoms with Crippen molar-refractivity contribution >= 4 is 28.3 Å². The fraction of sp³-hybridized carbons (Fsp3) is 0.278. The topological polar surface area (TPSA) is 142 Å². The Labute approximate surface area is 171 Å². The quantitative estimate of drug-likeness (QED) is 0.476. The predicted octanol–water partition coefficient (Wildman–Crippen LogP) is 1.38. The molecule has 0 bridgehead atoms. The minimum absolute atomic E-state index is 0.00714. The summed E-state index contributed by atoms with van der Waals surface area (Å²) in [5, 5.41) is 12.3. The summed E-state index contributed by atoms with van der Waals surface area (Å²) in [6.45, 7) is 2.28. The summed E-state index contributed by atoms with van der Waals surface area (Å²) in [5.74, 6) is -1.95. The molecule has 3 aromatic rings. The zero-order valence-corrected chi connectivity index (χ0v) is 16.3. The molecule has 164 valence electrons. The lowest BCUT2D eigenvalue weighted by Gasteiger charge is -2.15. The number of carbonyl (C=O) groups excluding carboxylic acids is 2. The highest BCUT2D eigenvalue weighted by molar-refractivity contribution is 6.04. The van der Waals surface area contributed by atoms with E-state index in [2.05, 4.69) is 25.9 Å². The molecule has 0 fully saturated rings. The van der Waals surface area contributed by atoms with Crippen molar-refractivity contribution in [3.05, 3.63) is 56.4 Å². The Bertz CT molecular complexity index is 1270. The molecule has 0 aliphatic rings. The highest BCUT2D eigenvalue weighted by atomic mass is 19.4. The summed E-state index contributed by atoms with van der Waals surface area (Å²) in [6, 6.07) is 3.53. The van der Waals surface area contributed by atoms with Crippen LogP contribution >= 0.6 is 0 Å². The monoisotopic (exact) mass is 438 g/mol. The Hall–Kier alpha value is -3.90. The first kappa shape index (κ1) is 21.8. The number of hydrogen-bond acceptors (Lipinski definition) is 5. The molecule has 0 aliphatic carbocycles. The molecule has 0 saturated carbocycles. The van der Waals surface area contributed by atoms with E-state index >= 15 is 0 Å². The minimum Gasteiger partial charge on any atom is -0.343 e. The zero-order valence-electron chi connectivity index (χ0n) is 16.3. The summed E-state index contributed by atoms with van der Waals surface area (Å²) >= 11 is 0. The van der Waals surface area contributed by atoms with Crippen LogP contribution in [0.2, 0.25) is 0 Å². The average molecular weight is 438 g/mol. The van der Waals surface area contributed by atoms with Gasteiger partial charge in [0.1, 0.15) is 0 Å². The molecule has 13 heteroatoms. The van der Waals surface area contributed by atoms with Crippen LogP contribution in [0.1, 0.15) is 35.9 Å². The predicted molar refractivity (Wildman–Crippen MR) is 104 cm³/mol. The van der Waals surface area contributed by atoms with Crippen LogP contribution in [0, 0.1) is 0 Å². The highest BCUT2D eigenvalue weighted by Gasteiger charge is 2.40. The maximum atomic E-state index is 13.4. The number of alkyl halides is 3. The van der Waals surface area contributed by atoms with Gasteiger partial charge in [-0.1, -0.05) is 6.07 Å². The third kappa shape index (κ3) is 4.34. The maximum absolute atomic E-state index is 13.4. The molecule has 1 aromatic carbocycles. The van der Waals surface area contributed by atoms with E-state index < -0.39 is 53.0 Å². The number of H-pyrrole nitrogens is 2. The summed E-state index contributed by atoms with van der Waals surface area (Å²) in [4.78, 5) is 48.3. The van der Waals surface area contributed by atoms with Crippen LogP contribution in [-0.4, -0.2) is 38.3 Å². The molecule has 0 aliphatic heterocycles. The third-order valence-corrected chi connectivity index (χ3v) is 4.31. The van der Waals surface area contributed by atoms with Crippen LogP contribution in [0.25, 0.3) is 10.8 Å². The van der Waals surface area contributed by atoms with Gasteiger partial charge < -0.3 is 10.6 Å². The van der Waals surface area contributed by atoms with Crippen LogP contribution in [-0.2, 0) is 11.0 Å². The fourth-order valence-corrected chi connectivity index (χ4v) is 2.99. The van der Waals surface area contributed by atoms with E-state index in [1.54, 1.807) is 0 Å². The van der Waals surface area contributed by atoms with Crippen LogP contribution in [0.5, 0.6) is 0 Å². The van der Waals surface area contributed by atoms with Gasteiger partial charge in [0, 0.05) is 6.04 Å². The smallest absolute Gasteiger partial charge is 0.343 e. The van der Waals surface area contributed by atoms with Crippen molar-refractivity contribution in [3.63, 3.8) is 0 Å². The highest BCUT2D eigenvalue weighted by Crippen LogP contribution is 2.33. The number of amides is 2. The second kappa shape index (κ2) is 8.08. The number of hydrogen-bond donors (Lipinski definition) is 4. The van der Waals surface area contributed by atoms with Crippen LogP contribution in [0.3, 0.4) is 0 Å². The molecule has 2 aromatic heterocycles. The number of rotatable bonds is 5. The Morgan fingerprint density at radius 3 is 2.48 bits per heavy atom. The molecule has 2 heterocycles. The number of benzene rings is 1. The first-order chi connectivity index (χ1) is 14.5. The van der Waals surface area contributed by atoms with E-state index in [0.29, 0.717) is 4.68 Å². The van der Waals surface area contributed by atoms with Gasteiger partial charge in [0.05, 0.1) is 34.8 Å². The molecule has 31 heavy (non-hydrogen) atoms. The van der Waals surface area contributed by atoms with Crippen LogP contribution in [0.4, 0.5) is 18.9 Å². The molecule has 2 amide bonds. The molecule has 0 radical (unpaired) electrons. The number of carbonyl (C=O) groups is 2. The number of fused-ring (bicyclic) bond motifs is 1. The molecule has 0 spiro atoms. The number of aromatic amines is 2. The van der Waals surface area contributed by atoms with E-state index in [4.69, 9.17) is 0 Å². The molecule has 4 N–H and O–H groups in total. The normalized spacial score (nSPS) is 11.7. The van der Waals surface area contributed by atoms with Gasteiger partial charge in [0.2, 0.25) is 5.91 Å². The van der Waals surface area contributed by atoms with Crippen molar-refractivity contribution in [2.45, 2.75) is 26.1 Å². The number of nitrogens with zero attached hydrogens (tertiary/aromatic N) is 2. The second-order valence-electron chi connectivity index (χ2n) is 6.81. The van der Waals surface area contributed by atoms with Crippen molar-refractivity contribution in [1.82, 2.24) is 25.3 Å². The summed E-state index contributed by atoms with van der Waals surface area (Å²) in [6.07, 6.45) is -4.04. The lowest BCUT2D eigenvalue weighted by molar-refractivity contribution is -0.145. The standard InChI is InChI=1S/C18H17F3N6O4/c1-8(2)27-14(18(19,20)21)10(6-23-27)15(29)22-7-12(28)24-11-5-3-4-9-13(11)17(31)26-25-16(9)30/h3-6,8H,7H2,1-2H3,(H,22,29)(H,24,28)(H,25,30)(H,26,31). The van der Waals surface area contributed by atoms with Gasteiger partial charge in [0.15, 0.2) is 5.69 Å². The van der Waals surface area contributed by atoms with Crippen molar-refractivity contribution in [1.29, 1.82) is 0 Å². The van der Waals surface area contributed by atoms with Gasteiger partial charge in [-0.15, -0.1) is 0 Å². The SMILES string of the molecule is CC(C)n1ncc(C(=O)NCC(=O)Nc2cccc3c(=O)[nH][nH]c(=O)c23)c1C(F)(F)F. The lowest BCUT2D eigenvalue weighted by Crippen LogP contribution is -2.34. The van der Waals surface area contributed by atoms with Gasteiger partial charge in [-0.2, -0.15) is 18.3 Å². The zero-order chi connectivity index (χ0) is 22.9. The summed E-state index contributed by atoms with van der Waals surface area (Å²) < 4.78 is 40.8. The van der Waals surface area contributed by atoms with Gasteiger partial charge in [-0.05, 0) is 26.0 Å². The fourth-order valence-electron chi connectivity index (χ4n) is 2.99. The number of nitrogens with one attached hydrogen (secondary N) is 4. The van der Waals surface area contributed by atoms with Gasteiger partial charge in [-0.3, -0.25) is 34.1 Å². The van der Waals surface area contributed by atoms with Gasteiger partial charge in [0.25, 0.3) is 17.0 Å². The van der Waals surface area contributed by atoms with Crippen LogP contribution < -0.4 is 21.8 Å². The first-order valence-corrected chi connectivity index (χ1v) is 8.97. The van der Waals surface area contributed by atoms with Gasteiger partial charge in [-0.25, -0.2) is 0 Å². The molecule has 0 atom stereocenters. The molecule has 0 saturated heterocycles. The second-order valence-corrected chi connectivity index (χ2v) is 6.81. The number of halogens is 3. The third-order valence-electron chi connectivity index (χ3n) is 4.31. The molecular weight excluding hydrogens is 421 g/mol. The molecular formula is C18H17F3N6O4. The first-order valence-electron chi connectivity index (χ1n) is 8.97. The summed E-state index contributed by atoms with van der Waals surface area (Å²) in [5.41, 5.74) is -3.18. The van der Waals surface area contributed by atoms with Crippen molar-refractivity contribution in [3.8, 4) is 0 Å². The molecule has 0 unspecified atom stereocenters. The number of aromatic nitrogens is 4. The Balaban J connectivity index is 1.78.